The predicted molar refractivity (Wildman–Crippen MR) is 87.8 cm³/mol. The second-order valence-corrected chi connectivity index (χ2v) is 11.8. The van der Waals surface area contributed by atoms with Gasteiger partial charge in [-0.15, -0.1) is 0 Å². The number of rotatable bonds is 9. The van der Waals surface area contributed by atoms with Gasteiger partial charge in [0.05, 0.1) is 0 Å². The van der Waals surface area contributed by atoms with Crippen molar-refractivity contribution in [3.8, 4) is 0 Å². The van der Waals surface area contributed by atoms with Crippen LogP contribution < -0.4 is 0 Å². The Kier molecular flexibility index (Phi) is 14.1. The van der Waals surface area contributed by atoms with E-state index in [9.17, 15) is 0 Å². The van der Waals surface area contributed by atoms with E-state index in [-0.39, 0.29) is 0 Å². The van der Waals surface area contributed by atoms with Gasteiger partial charge in [0.15, 0.2) is 0 Å². The predicted octanol–water partition coefficient (Wildman–Crippen LogP) is 3.84. The van der Waals surface area contributed by atoms with Crippen molar-refractivity contribution in [3.05, 3.63) is 0 Å². The number of phosphoric acid groups is 1. The van der Waals surface area contributed by atoms with Gasteiger partial charge in [0.1, 0.15) is 0 Å². The maximum absolute atomic E-state index is 8.88. The summed E-state index contributed by atoms with van der Waals surface area (Å²) >= 11 is 0. The van der Waals surface area contributed by atoms with Crippen LogP contribution in [0.3, 0.4) is 0 Å². The smallest absolute Gasteiger partial charge is 0.303 e. The quantitative estimate of drug-likeness (QED) is 0.565. The zero-order valence-corrected chi connectivity index (χ0v) is 15.0. The molecule has 0 aromatic heterocycles. The van der Waals surface area contributed by atoms with Crippen molar-refractivity contribution in [2.75, 3.05) is 25.2 Å². The Morgan fingerprint density at radius 1 is 0.789 bits per heavy atom. The van der Waals surface area contributed by atoms with Crippen LogP contribution in [0, 0.1) is 0 Å². The Labute approximate surface area is 119 Å². The minimum absolute atomic E-state index is 0.812. The van der Waals surface area contributed by atoms with Gasteiger partial charge in [-0.3, -0.25) is 0 Å². The molecule has 0 unspecified atom stereocenters. The molecule has 0 bridgehead atoms. The molecule has 6 heteroatoms. The molecule has 0 saturated heterocycles. The van der Waals surface area contributed by atoms with Crippen LogP contribution in [0.15, 0.2) is 0 Å². The summed E-state index contributed by atoms with van der Waals surface area (Å²) in [4.78, 5) is 21.6. The molecule has 0 saturated carbocycles. The fraction of sp³-hybridized carbons (Fsp3) is 1.00. The Balaban J connectivity index is 0. The summed E-state index contributed by atoms with van der Waals surface area (Å²) in [6.45, 7) is 9.63. The topological polar surface area (TPSA) is 77.8 Å². The average Bonchev–Trinajstić information content (AvgIpc) is 2.30. The normalized spacial score (nSPS) is 12.8. The molecule has 0 aromatic carbocycles. The van der Waals surface area contributed by atoms with E-state index in [0.717, 1.165) is 0 Å². The first-order chi connectivity index (χ1) is 8.68. The molecule has 0 spiro atoms. The van der Waals surface area contributed by atoms with E-state index in [1.165, 1.54) is 38.5 Å². The van der Waals surface area contributed by atoms with Crippen LogP contribution in [-0.4, -0.2) is 39.8 Å². The Morgan fingerprint density at radius 2 is 1.00 bits per heavy atom. The van der Waals surface area contributed by atoms with Crippen molar-refractivity contribution in [2.24, 2.45) is 0 Å². The first-order valence-electron chi connectivity index (χ1n) is 7.46. The molecule has 0 fully saturated rings. The van der Waals surface area contributed by atoms with Crippen molar-refractivity contribution < 1.29 is 19.2 Å². The van der Waals surface area contributed by atoms with Crippen molar-refractivity contribution in [2.45, 2.75) is 59.3 Å². The van der Waals surface area contributed by atoms with E-state index in [4.69, 9.17) is 19.2 Å². The first kappa shape index (κ1) is 21.8. The Hall–Kier alpha value is 0.540. The summed E-state index contributed by atoms with van der Waals surface area (Å²) in [7, 11) is -5.45. The van der Waals surface area contributed by atoms with Crippen molar-refractivity contribution in [1.29, 1.82) is 0 Å². The summed E-state index contributed by atoms with van der Waals surface area (Å²) in [5.74, 6) is 0. The molecule has 0 heterocycles. The Bertz CT molecular complexity index is 211. The maximum atomic E-state index is 8.88. The molecule has 19 heavy (non-hydrogen) atoms. The van der Waals surface area contributed by atoms with Crippen LogP contribution >= 0.6 is 15.1 Å². The molecular formula is C13H34O4P2. The van der Waals surface area contributed by atoms with Crippen molar-refractivity contribution in [1.82, 2.24) is 0 Å². The minimum atomic E-state index is -4.64. The van der Waals surface area contributed by atoms with Crippen LogP contribution in [-0.2, 0) is 4.57 Å². The molecule has 0 aliphatic carbocycles. The molecule has 0 atom stereocenters. The van der Waals surface area contributed by atoms with Crippen LogP contribution in [0.4, 0.5) is 0 Å². The van der Waals surface area contributed by atoms with Crippen molar-refractivity contribution in [3.63, 3.8) is 0 Å². The minimum Gasteiger partial charge on any atom is -0.303 e. The van der Waals surface area contributed by atoms with E-state index in [0.29, 0.717) is 0 Å². The molecule has 3 N–H and O–H groups in total. The molecule has 120 valence electrons. The monoisotopic (exact) mass is 316 g/mol. The van der Waals surface area contributed by atoms with Gasteiger partial charge in [0, 0.05) is 0 Å². The summed E-state index contributed by atoms with van der Waals surface area (Å²) in [5, 5.41) is 0. The second-order valence-electron chi connectivity index (χ2n) is 5.63. The summed E-state index contributed by atoms with van der Waals surface area (Å²) in [6.07, 6.45) is 13.4. The van der Waals surface area contributed by atoms with Crippen molar-refractivity contribution >= 4 is 15.1 Å². The van der Waals surface area contributed by atoms with Crippen LogP contribution in [0.5, 0.6) is 0 Å². The zero-order chi connectivity index (χ0) is 15.4. The standard InChI is InChI=1S/C13H31P.H3O4P/c1-5-8-11-14(4,12-9-6-2)13-10-7-3;1-5(2,3)4/h14H,5-13H2,1-4H3;(H3,1,2,3,4). The molecule has 0 aromatic rings. The molecule has 4 nitrogen and oxygen atoms in total. The van der Waals surface area contributed by atoms with Gasteiger partial charge in [0.25, 0.3) is 0 Å². The van der Waals surface area contributed by atoms with Crippen LogP contribution in [0.1, 0.15) is 59.3 Å². The number of hydrogen-bond donors (Lipinski definition) is 3. The molecule has 0 radical (unpaired) electrons. The van der Waals surface area contributed by atoms with E-state index in [1.807, 2.05) is 0 Å². The van der Waals surface area contributed by atoms with Crippen LogP contribution in [0.25, 0.3) is 0 Å². The van der Waals surface area contributed by atoms with E-state index in [1.54, 1.807) is 18.5 Å². The van der Waals surface area contributed by atoms with Gasteiger partial charge in [0.2, 0.25) is 0 Å². The third kappa shape index (κ3) is 21.0. The van der Waals surface area contributed by atoms with E-state index in [2.05, 4.69) is 27.4 Å². The van der Waals surface area contributed by atoms with Crippen LogP contribution in [0.2, 0.25) is 0 Å². The molecule has 0 aliphatic rings. The molecule has 0 rings (SSSR count). The van der Waals surface area contributed by atoms with Gasteiger partial charge >= 0.3 is 99.5 Å². The molecule has 0 aliphatic heterocycles. The van der Waals surface area contributed by atoms with Gasteiger partial charge in [-0.25, -0.2) is 4.57 Å². The fourth-order valence-corrected chi connectivity index (χ4v) is 6.56. The summed E-state index contributed by atoms with van der Waals surface area (Å²) in [6, 6.07) is 0. The third-order valence-corrected chi connectivity index (χ3v) is 8.08. The van der Waals surface area contributed by atoms with Gasteiger partial charge in [-0.1, -0.05) is 0 Å². The maximum Gasteiger partial charge on any atom is 0.466 e. The molecular weight excluding hydrogens is 282 g/mol. The van der Waals surface area contributed by atoms with E-state index >= 15 is 0 Å². The second kappa shape index (κ2) is 12.3. The summed E-state index contributed by atoms with van der Waals surface area (Å²) in [5.41, 5.74) is 0. The largest absolute Gasteiger partial charge is 0.466 e. The van der Waals surface area contributed by atoms with Gasteiger partial charge in [-0.05, 0) is 0 Å². The van der Waals surface area contributed by atoms with E-state index < -0.39 is 15.1 Å². The SMILES string of the molecule is CCCC[PH](C)(CCCC)CCCC.O=P(O)(O)O. The number of unbranched alkanes of at least 4 members (excludes halogenated alkanes) is 3. The third-order valence-electron chi connectivity index (χ3n) is 3.40. The number of hydrogen-bond acceptors (Lipinski definition) is 1. The Morgan fingerprint density at radius 3 is 1.16 bits per heavy atom. The average molecular weight is 316 g/mol. The summed E-state index contributed by atoms with van der Waals surface area (Å²) < 4.78 is 8.88. The van der Waals surface area contributed by atoms with Gasteiger partial charge < -0.3 is 14.7 Å². The first-order valence-corrected chi connectivity index (χ1v) is 12.2. The molecule has 0 amide bonds. The fourth-order valence-electron chi connectivity index (χ4n) is 2.19. The zero-order valence-electron chi connectivity index (χ0n) is 13.1. The van der Waals surface area contributed by atoms with Gasteiger partial charge in [-0.2, -0.15) is 0 Å².